The molecule has 5 nitrogen and oxygen atoms in total. The van der Waals surface area contributed by atoms with Crippen LogP contribution in [0, 0.1) is 0 Å². The molecule has 0 radical (unpaired) electrons. The maximum atomic E-state index is 13.0. The van der Waals surface area contributed by atoms with Gasteiger partial charge in [0.2, 0.25) is 5.78 Å². The number of aromatic nitrogens is 4. The van der Waals surface area contributed by atoms with Crippen molar-refractivity contribution in [3.8, 4) is 11.4 Å². The standard InChI is InChI=1S/C19H20N4O/c1-22-15-11-7-6-10-14(15)12-16(22)17-18(23(2)21-20-17)19(24)13-8-4-3-5-9-13/h3-5,8-9,12H,6-7,10-11H2,1-2H3. The first-order valence-corrected chi connectivity index (χ1v) is 8.34. The molecule has 3 aromatic rings. The number of aryl methyl sites for hydroxylation is 2. The van der Waals surface area contributed by atoms with E-state index >= 15 is 0 Å². The van der Waals surface area contributed by atoms with E-state index in [1.165, 1.54) is 24.1 Å². The number of ketones is 1. The average molecular weight is 320 g/mol. The van der Waals surface area contributed by atoms with Gasteiger partial charge in [0.1, 0.15) is 11.4 Å². The molecule has 1 aliphatic carbocycles. The second kappa shape index (κ2) is 5.74. The highest BCUT2D eigenvalue weighted by atomic mass is 16.1. The molecule has 0 bridgehead atoms. The van der Waals surface area contributed by atoms with Crippen molar-refractivity contribution in [3.05, 3.63) is 58.9 Å². The Morgan fingerprint density at radius 2 is 1.83 bits per heavy atom. The van der Waals surface area contributed by atoms with Gasteiger partial charge >= 0.3 is 0 Å². The minimum Gasteiger partial charge on any atom is -0.346 e. The first kappa shape index (κ1) is 14.9. The van der Waals surface area contributed by atoms with Gasteiger partial charge in [0, 0.05) is 25.4 Å². The van der Waals surface area contributed by atoms with E-state index in [0.29, 0.717) is 17.0 Å². The predicted molar refractivity (Wildman–Crippen MR) is 91.9 cm³/mol. The lowest BCUT2D eigenvalue weighted by Crippen LogP contribution is -2.10. The van der Waals surface area contributed by atoms with Crippen molar-refractivity contribution < 1.29 is 4.79 Å². The molecule has 1 aromatic carbocycles. The Morgan fingerprint density at radius 1 is 1.08 bits per heavy atom. The molecule has 5 heteroatoms. The van der Waals surface area contributed by atoms with Crippen molar-refractivity contribution in [2.24, 2.45) is 14.1 Å². The summed E-state index contributed by atoms with van der Waals surface area (Å²) in [6.45, 7) is 0. The molecule has 0 fully saturated rings. The summed E-state index contributed by atoms with van der Waals surface area (Å²) in [5.74, 6) is -0.0442. The molecule has 0 N–H and O–H groups in total. The first-order chi connectivity index (χ1) is 11.7. The number of fused-ring (bicyclic) bond motifs is 1. The van der Waals surface area contributed by atoms with Crippen LogP contribution in [-0.2, 0) is 26.9 Å². The molecule has 122 valence electrons. The maximum absolute atomic E-state index is 13.0. The molecule has 0 amide bonds. The molecule has 24 heavy (non-hydrogen) atoms. The van der Waals surface area contributed by atoms with Gasteiger partial charge in [-0.1, -0.05) is 35.5 Å². The van der Waals surface area contributed by atoms with Gasteiger partial charge in [-0.2, -0.15) is 0 Å². The quantitative estimate of drug-likeness (QED) is 0.697. The molecular weight excluding hydrogens is 300 g/mol. The molecule has 0 unspecified atom stereocenters. The van der Waals surface area contributed by atoms with Gasteiger partial charge in [-0.15, -0.1) is 5.10 Å². The van der Waals surface area contributed by atoms with E-state index in [1.807, 2.05) is 30.3 Å². The fourth-order valence-electron chi connectivity index (χ4n) is 3.60. The molecule has 1 aliphatic rings. The van der Waals surface area contributed by atoms with E-state index < -0.39 is 0 Å². The van der Waals surface area contributed by atoms with Crippen molar-refractivity contribution in [3.63, 3.8) is 0 Å². The molecular formula is C19H20N4O. The van der Waals surface area contributed by atoms with E-state index in [0.717, 1.165) is 18.5 Å². The summed E-state index contributed by atoms with van der Waals surface area (Å²) in [4.78, 5) is 13.0. The van der Waals surface area contributed by atoms with Crippen LogP contribution in [0.1, 0.15) is 40.2 Å². The van der Waals surface area contributed by atoms with E-state index in [1.54, 1.807) is 11.7 Å². The molecule has 2 heterocycles. The van der Waals surface area contributed by atoms with Crippen LogP contribution in [0.2, 0.25) is 0 Å². The van der Waals surface area contributed by atoms with Crippen molar-refractivity contribution in [2.75, 3.05) is 0 Å². The highest BCUT2D eigenvalue weighted by molar-refractivity contribution is 6.11. The zero-order chi connectivity index (χ0) is 16.7. The van der Waals surface area contributed by atoms with Crippen LogP contribution in [-0.4, -0.2) is 25.3 Å². The largest absolute Gasteiger partial charge is 0.346 e. The van der Waals surface area contributed by atoms with Crippen LogP contribution in [0.3, 0.4) is 0 Å². The highest BCUT2D eigenvalue weighted by Crippen LogP contribution is 2.31. The Balaban J connectivity index is 1.84. The molecule has 0 saturated carbocycles. The summed E-state index contributed by atoms with van der Waals surface area (Å²) in [5.41, 5.74) is 5.59. The second-order valence-corrected chi connectivity index (χ2v) is 6.37. The fraction of sp³-hybridized carbons (Fsp3) is 0.316. The summed E-state index contributed by atoms with van der Waals surface area (Å²) in [6, 6.07) is 11.5. The molecule has 0 spiro atoms. The molecule has 2 aromatic heterocycles. The van der Waals surface area contributed by atoms with Crippen molar-refractivity contribution in [1.82, 2.24) is 19.6 Å². The summed E-state index contributed by atoms with van der Waals surface area (Å²) in [5, 5.41) is 8.43. The van der Waals surface area contributed by atoms with Gasteiger partial charge in [0.15, 0.2) is 0 Å². The third kappa shape index (κ3) is 2.28. The van der Waals surface area contributed by atoms with Crippen LogP contribution in [0.4, 0.5) is 0 Å². The summed E-state index contributed by atoms with van der Waals surface area (Å²) >= 11 is 0. The fourth-order valence-corrected chi connectivity index (χ4v) is 3.60. The van der Waals surface area contributed by atoms with Gasteiger partial charge < -0.3 is 4.57 Å². The zero-order valence-electron chi connectivity index (χ0n) is 14.0. The lowest BCUT2D eigenvalue weighted by molar-refractivity contribution is 0.103. The van der Waals surface area contributed by atoms with Crippen LogP contribution < -0.4 is 0 Å². The van der Waals surface area contributed by atoms with Crippen molar-refractivity contribution >= 4 is 5.78 Å². The molecule has 0 atom stereocenters. The zero-order valence-corrected chi connectivity index (χ0v) is 14.0. The lowest BCUT2D eigenvalue weighted by Gasteiger charge is -2.13. The van der Waals surface area contributed by atoms with E-state index in [-0.39, 0.29) is 5.78 Å². The summed E-state index contributed by atoms with van der Waals surface area (Å²) in [7, 11) is 3.83. The minimum absolute atomic E-state index is 0.0442. The monoisotopic (exact) mass is 320 g/mol. The Hall–Kier alpha value is -2.69. The Bertz CT molecular complexity index is 905. The van der Waals surface area contributed by atoms with Gasteiger partial charge in [0.05, 0.1) is 5.69 Å². The number of rotatable bonds is 3. The number of hydrogen-bond acceptors (Lipinski definition) is 3. The summed E-state index contributed by atoms with van der Waals surface area (Å²) < 4.78 is 3.76. The number of hydrogen-bond donors (Lipinski definition) is 0. The van der Waals surface area contributed by atoms with Gasteiger partial charge in [0.25, 0.3) is 0 Å². The number of nitrogens with zero attached hydrogens (tertiary/aromatic N) is 4. The van der Waals surface area contributed by atoms with Gasteiger partial charge in [-0.3, -0.25) is 4.79 Å². The van der Waals surface area contributed by atoms with Gasteiger partial charge in [-0.05, 0) is 37.3 Å². The molecule has 0 saturated heterocycles. The van der Waals surface area contributed by atoms with Crippen LogP contribution in [0.15, 0.2) is 36.4 Å². The third-order valence-corrected chi connectivity index (χ3v) is 4.88. The topological polar surface area (TPSA) is 52.7 Å². The van der Waals surface area contributed by atoms with E-state index in [9.17, 15) is 4.79 Å². The van der Waals surface area contributed by atoms with E-state index in [4.69, 9.17) is 0 Å². The number of carbonyl (C=O) groups is 1. The average Bonchev–Trinajstić information content (AvgIpc) is 3.16. The minimum atomic E-state index is -0.0442. The van der Waals surface area contributed by atoms with Gasteiger partial charge in [-0.25, -0.2) is 4.68 Å². The van der Waals surface area contributed by atoms with E-state index in [2.05, 4.69) is 28.0 Å². The Morgan fingerprint density at radius 3 is 2.58 bits per heavy atom. The third-order valence-electron chi connectivity index (χ3n) is 4.88. The SMILES string of the molecule is Cn1nnc(-c2cc3c(n2C)CCCC3)c1C(=O)c1ccccc1. The first-order valence-electron chi connectivity index (χ1n) is 8.34. The predicted octanol–water partition coefficient (Wildman–Crippen LogP) is 2.93. The Kier molecular flexibility index (Phi) is 3.56. The van der Waals surface area contributed by atoms with Crippen molar-refractivity contribution in [2.45, 2.75) is 25.7 Å². The number of benzene rings is 1. The van der Waals surface area contributed by atoms with Crippen molar-refractivity contribution in [1.29, 1.82) is 0 Å². The smallest absolute Gasteiger partial charge is 0.213 e. The molecule has 4 rings (SSSR count). The number of carbonyl (C=O) groups excluding carboxylic acids is 1. The maximum Gasteiger partial charge on any atom is 0.213 e. The van der Waals surface area contributed by atoms with Crippen LogP contribution >= 0.6 is 0 Å². The highest BCUT2D eigenvalue weighted by Gasteiger charge is 2.25. The Labute approximate surface area is 140 Å². The normalized spacial score (nSPS) is 13.8. The summed E-state index contributed by atoms with van der Waals surface area (Å²) in [6.07, 6.45) is 4.65. The molecule has 0 aliphatic heterocycles. The van der Waals surface area contributed by atoms with Crippen LogP contribution in [0.5, 0.6) is 0 Å². The lowest BCUT2D eigenvalue weighted by atomic mass is 9.98. The van der Waals surface area contributed by atoms with Crippen LogP contribution in [0.25, 0.3) is 11.4 Å². The second-order valence-electron chi connectivity index (χ2n) is 6.37.